The van der Waals surface area contributed by atoms with Gasteiger partial charge in [0.05, 0.1) is 13.1 Å². The van der Waals surface area contributed by atoms with Gasteiger partial charge in [0, 0.05) is 29.0 Å². The summed E-state index contributed by atoms with van der Waals surface area (Å²) in [4.78, 5) is 36.9. The number of carbonyl (C=O) groups is 3. The van der Waals surface area contributed by atoms with Crippen LogP contribution in [-0.2, 0) is 14.4 Å². The summed E-state index contributed by atoms with van der Waals surface area (Å²) in [5.41, 5.74) is 1.79. The molecule has 0 spiro atoms. The maximum absolute atomic E-state index is 12.1. The Bertz CT molecular complexity index is 824. The fourth-order valence-corrected chi connectivity index (χ4v) is 2.48. The van der Waals surface area contributed by atoms with Crippen LogP contribution in [-0.4, -0.2) is 42.8 Å². The second kappa shape index (κ2) is 9.70. The van der Waals surface area contributed by atoms with Crippen molar-refractivity contribution < 1.29 is 14.4 Å². The Kier molecular flexibility index (Phi) is 7.34. The van der Waals surface area contributed by atoms with E-state index in [9.17, 15) is 14.4 Å². The van der Waals surface area contributed by atoms with Gasteiger partial charge < -0.3 is 16.0 Å². The predicted octanol–water partition coefficient (Wildman–Crippen LogP) is 2.81. The van der Waals surface area contributed by atoms with Crippen molar-refractivity contribution in [2.75, 3.05) is 36.1 Å². The van der Waals surface area contributed by atoms with Crippen molar-refractivity contribution in [3.8, 4) is 0 Å². The Morgan fingerprint density at radius 1 is 0.852 bits per heavy atom. The molecule has 0 aliphatic heterocycles. The molecule has 0 aliphatic rings. The first-order valence-electron chi connectivity index (χ1n) is 8.23. The Morgan fingerprint density at radius 2 is 1.37 bits per heavy atom. The van der Waals surface area contributed by atoms with Gasteiger partial charge >= 0.3 is 0 Å². The number of nitrogens with one attached hydrogen (secondary N) is 3. The number of nitrogens with zero attached hydrogens (tertiary/aromatic N) is 1. The minimum atomic E-state index is -0.267. The molecule has 0 fully saturated rings. The predicted molar refractivity (Wildman–Crippen MR) is 107 cm³/mol. The average molecular weight is 389 g/mol. The molecule has 2 aromatic rings. The standard InChI is InChI=1S/C19H21ClN4O3/c1-13(25)21-16-4-3-5-17(10-16)23-19(27)12-24(2)11-18(26)22-15-8-6-14(20)7-9-15/h3-10H,11-12H2,1-2H3,(H,21,25)(H,22,26)(H,23,27). The highest BCUT2D eigenvalue weighted by Gasteiger charge is 2.11. The highest BCUT2D eigenvalue weighted by atomic mass is 35.5. The molecular weight excluding hydrogens is 368 g/mol. The zero-order valence-electron chi connectivity index (χ0n) is 15.1. The molecule has 0 aromatic heterocycles. The molecule has 0 heterocycles. The van der Waals surface area contributed by atoms with Crippen LogP contribution in [0.4, 0.5) is 17.1 Å². The molecule has 142 valence electrons. The minimum absolute atomic E-state index is 0.0401. The number of anilines is 3. The van der Waals surface area contributed by atoms with E-state index < -0.39 is 0 Å². The van der Waals surface area contributed by atoms with Crippen molar-refractivity contribution in [1.29, 1.82) is 0 Å². The van der Waals surface area contributed by atoms with Gasteiger partial charge in [0.25, 0.3) is 0 Å². The molecule has 0 bridgehead atoms. The molecule has 3 N–H and O–H groups in total. The summed E-state index contributed by atoms with van der Waals surface area (Å²) in [6.07, 6.45) is 0. The van der Waals surface area contributed by atoms with Gasteiger partial charge in [0.15, 0.2) is 0 Å². The summed E-state index contributed by atoms with van der Waals surface area (Å²) in [6, 6.07) is 13.6. The third kappa shape index (κ3) is 7.47. The largest absolute Gasteiger partial charge is 0.326 e. The van der Waals surface area contributed by atoms with E-state index in [1.807, 2.05) is 0 Å². The fourth-order valence-electron chi connectivity index (χ4n) is 2.36. The second-order valence-electron chi connectivity index (χ2n) is 6.04. The molecule has 8 heteroatoms. The Morgan fingerprint density at radius 3 is 1.93 bits per heavy atom. The second-order valence-corrected chi connectivity index (χ2v) is 6.47. The van der Waals surface area contributed by atoms with Gasteiger partial charge in [0.2, 0.25) is 17.7 Å². The van der Waals surface area contributed by atoms with Crippen LogP contribution < -0.4 is 16.0 Å². The third-order valence-corrected chi connectivity index (χ3v) is 3.67. The van der Waals surface area contributed by atoms with Crippen molar-refractivity contribution in [2.24, 2.45) is 0 Å². The number of halogens is 1. The highest BCUT2D eigenvalue weighted by molar-refractivity contribution is 6.30. The summed E-state index contributed by atoms with van der Waals surface area (Å²) in [5, 5.41) is 8.71. The minimum Gasteiger partial charge on any atom is -0.326 e. The van der Waals surface area contributed by atoms with Crippen LogP contribution in [0.2, 0.25) is 5.02 Å². The van der Waals surface area contributed by atoms with Crippen LogP contribution in [0.5, 0.6) is 0 Å². The topological polar surface area (TPSA) is 90.5 Å². The van der Waals surface area contributed by atoms with E-state index >= 15 is 0 Å². The van der Waals surface area contributed by atoms with Gasteiger partial charge in [-0.05, 0) is 49.5 Å². The Hall–Kier alpha value is -2.90. The smallest absolute Gasteiger partial charge is 0.238 e. The van der Waals surface area contributed by atoms with Crippen molar-refractivity contribution in [3.63, 3.8) is 0 Å². The number of likely N-dealkylation sites (N-methyl/N-ethyl adjacent to an activating group) is 1. The van der Waals surface area contributed by atoms with Crippen LogP contribution in [0.25, 0.3) is 0 Å². The molecule has 3 amide bonds. The number of rotatable bonds is 7. The molecule has 0 saturated heterocycles. The number of hydrogen-bond donors (Lipinski definition) is 3. The first-order valence-corrected chi connectivity index (χ1v) is 8.61. The van der Waals surface area contributed by atoms with E-state index in [4.69, 9.17) is 11.6 Å². The lowest BCUT2D eigenvalue weighted by atomic mass is 10.2. The van der Waals surface area contributed by atoms with E-state index in [-0.39, 0.29) is 30.8 Å². The monoisotopic (exact) mass is 388 g/mol. The van der Waals surface area contributed by atoms with Crippen LogP contribution in [0, 0.1) is 0 Å². The van der Waals surface area contributed by atoms with Crippen molar-refractivity contribution in [3.05, 3.63) is 53.6 Å². The van der Waals surface area contributed by atoms with Gasteiger partial charge in [-0.25, -0.2) is 0 Å². The molecular formula is C19H21ClN4O3. The first-order chi connectivity index (χ1) is 12.8. The summed E-state index contributed by atoms with van der Waals surface area (Å²) in [7, 11) is 1.68. The zero-order chi connectivity index (χ0) is 19.8. The lowest BCUT2D eigenvalue weighted by Crippen LogP contribution is -2.36. The number of carbonyl (C=O) groups excluding carboxylic acids is 3. The number of benzene rings is 2. The number of hydrogen-bond acceptors (Lipinski definition) is 4. The van der Waals surface area contributed by atoms with Crippen LogP contribution in [0.15, 0.2) is 48.5 Å². The first kappa shape index (κ1) is 20.4. The van der Waals surface area contributed by atoms with E-state index in [0.717, 1.165) is 0 Å². The maximum atomic E-state index is 12.1. The fraction of sp³-hybridized carbons (Fsp3) is 0.211. The average Bonchev–Trinajstić information content (AvgIpc) is 2.56. The molecule has 0 aliphatic carbocycles. The quantitative estimate of drug-likeness (QED) is 0.680. The van der Waals surface area contributed by atoms with Gasteiger partial charge in [-0.15, -0.1) is 0 Å². The third-order valence-electron chi connectivity index (χ3n) is 3.42. The lowest BCUT2D eigenvalue weighted by molar-refractivity contribution is -0.119. The molecule has 0 saturated carbocycles. The van der Waals surface area contributed by atoms with Crippen LogP contribution in [0.1, 0.15) is 6.92 Å². The summed E-state index contributed by atoms with van der Waals surface area (Å²) in [6.45, 7) is 1.51. The van der Waals surface area contributed by atoms with E-state index in [0.29, 0.717) is 22.1 Å². The number of amides is 3. The molecule has 7 nitrogen and oxygen atoms in total. The van der Waals surface area contributed by atoms with E-state index in [1.54, 1.807) is 60.5 Å². The van der Waals surface area contributed by atoms with Crippen molar-refractivity contribution in [2.45, 2.75) is 6.92 Å². The molecule has 0 radical (unpaired) electrons. The van der Waals surface area contributed by atoms with Gasteiger partial charge in [-0.1, -0.05) is 17.7 Å². The lowest BCUT2D eigenvalue weighted by Gasteiger charge is -2.16. The normalized spacial score (nSPS) is 10.4. The highest BCUT2D eigenvalue weighted by Crippen LogP contribution is 2.15. The van der Waals surface area contributed by atoms with E-state index in [1.165, 1.54) is 6.92 Å². The summed E-state index contributed by atoms with van der Waals surface area (Å²) in [5.74, 6) is -0.693. The van der Waals surface area contributed by atoms with E-state index in [2.05, 4.69) is 16.0 Å². The zero-order valence-corrected chi connectivity index (χ0v) is 15.8. The van der Waals surface area contributed by atoms with Crippen molar-refractivity contribution in [1.82, 2.24) is 4.90 Å². The molecule has 27 heavy (non-hydrogen) atoms. The van der Waals surface area contributed by atoms with Gasteiger partial charge in [-0.2, -0.15) is 0 Å². The molecule has 0 unspecified atom stereocenters. The molecule has 2 rings (SSSR count). The van der Waals surface area contributed by atoms with Gasteiger partial charge in [0.1, 0.15) is 0 Å². The van der Waals surface area contributed by atoms with Crippen LogP contribution in [0.3, 0.4) is 0 Å². The van der Waals surface area contributed by atoms with Crippen molar-refractivity contribution >= 4 is 46.4 Å². The SMILES string of the molecule is CC(=O)Nc1cccc(NC(=O)CN(C)CC(=O)Nc2ccc(Cl)cc2)c1. The van der Waals surface area contributed by atoms with Crippen LogP contribution >= 0.6 is 11.6 Å². The van der Waals surface area contributed by atoms with Gasteiger partial charge in [-0.3, -0.25) is 19.3 Å². The Balaban J connectivity index is 1.81. The summed E-state index contributed by atoms with van der Waals surface area (Å²) >= 11 is 5.80. The maximum Gasteiger partial charge on any atom is 0.238 e. The summed E-state index contributed by atoms with van der Waals surface area (Å²) < 4.78 is 0. The molecule has 0 atom stereocenters. The Labute approximate surface area is 162 Å². The molecule has 2 aromatic carbocycles.